The van der Waals surface area contributed by atoms with Gasteiger partial charge in [-0.3, -0.25) is 4.79 Å². The van der Waals surface area contributed by atoms with Crippen LogP contribution in [0.2, 0.25) is 0 Å². The van der Waals surface area contributed by atoms with Crippen molar-refractivity contribution in [3.8, 4) is 5.75 Å². The van der Waals surface area contributed by atoms with Gasteiger partial charge in [0, 0.05) is 6.54 Å². The third-order valence-electron chi connectivity index (χ3n) is 2.37. The van der Waals surface area contributed by atoms with Gasteiger partial charge in [0.25, 0.3) is 0 Å². The highest BCUT2D eigenvalue weighted by Gasteiger charge is 2.09. The van der Waals surface area contributed by atoms with Crippen molar-refractivity contribution < 1.29 is 14.6 Å². The zero-order valence-corrected chi connectivity index (χ0v) is 9.51. The van der Waals surface area contributed by atoms with Gasteiger partial charge in [0.05, 0.1) is 6.10 Å². The number of carbonyl (C=O) groups is 1. The van der Waals surface area contributed by atoms with Gasteiger partial charge in [-0.25, -0.2) is 0 Å². The summed E-state index contributed by atoms with van der Waals surface area (Å²) in [5.74, 6) is 0.585. The molecule has 1 aromatic rings. The molecule has 4 nitrogen and oxygen atoms in total. The number of hydrogen-bond acceptors (Lipinski definition) is 4. The third kappa shape index (κ3) is 3.32. The second kappa shape index (κ2) is 5.63. The van der Waals surface area contributed by atoms with Crippen molar-refractivity contribution in [1.82, 2.24) is 0 Å². The van der Waals surface area contributed by atoms with E-state index in [2.05, 4.69) is 0 Å². The summed E-state index contributed by atoms with van der Waals surface area (Å²) < 4.78 is 5.38. The van der Waals surface area contributed by atoms with Gasteiger partial charge in [-0.05, 0) is 31.5 Å². The molecule has 0 heterocycles. The highest BCUT2D eigenvalue weighted by atomic mass is 16.5. The first-order valence-electron chi connectivity index (χ1n) is 5.19. The number of ether oxygens (including phenoxy) is 1. The topological polar surface area (TPSA) is 72.5 Å². The smallest absolute Gasteiger partial charge is 0.169 e. The van der Waals surface area contributed by atoms with Crippen molar-refractivity contribution >= 4 is 5.78 Å². The average molecular weight is 223 g/mol. The summed E-state index contributed by atoms with van der Waals surface area (Å²) in [5, 5.41) is 9.47. The molecular weight excluding hydrogens is 206 g/mol. The van der Waals surface area contributed by atoms with E-state index in [0.717, 1.165) is 5.56 Å². The summed E-state index contributed by atoms with van der Waals surface area (Å²) in [6, 6.07) is 6.90. The van der Waals surface area contributed by atoms with Crippen LogP contribution in [-0.2, 0) is 4.79 Å². The molecule has 88 valence electrons. The Hall–Kier alpha value is -1.39. The summed E-state index contributed by atoms with van der Waals surface area (Å²) in [6.07, 6.45) is -1.11. The maximum Gasteiger partial charge on any atom is 0.169 e. The van der Waals surface area contributed by atoms with Gasteiger partial charge in [0.2, 0.25) is 0 Å². The fourth-order valence-corrected chi connectivity index (χ4v) is 1.19. The molecule has 0 aliphatic carbocycles. The minimum Gasteiger partial charge on any atom is -0.483 e. The first-order chi connectivity index (χ1) is 7.54. The van der Waals surface area contributed by atoms with Crippen molar-refractivity contribution in [1.29, 1.82) is 0 Å². The van der Waals surface area contributed by atoms with E-state index in [1.807, 2.05) is 0 Å². The lowest BCUT2D eigenvalue weighted by Crippen LogP contribution is -2.20. The number of Topliss-reactive ketones (excluding diaryl/α,β-unsaturated/α-hetero) is 1. The molecule has 16 heavy (non-hydrogen) atoms. The predicted octanol–water partition coefficient (Wildman–Crippen LogP) is 1.03. The van der Waals surface area contributed by atoms with E-state index in [4.69, 9.17) is 10.5 Å². The van der Waals surface area contributed by atoms with Crippen LogP contribution < -0.4 is 10.5 Å². The molecule has 0 aliphatic rings. The minimum absolute atomic E-state index is 0.0222. The molecule has 2 atom stereocenters. The van der Waals surface area contributed by atoms with Crippen LogP contribution in [0.5, 0.6) is 5.75 Å². The van der Waals surface area contributed by atoms with Gasteiger partial charge in [-0.1, -0.05) is 12.1 Å². The van der Waals surface area contributed by atoms with E-state index in [1.54, 1.807) is 31.2 Å². The maximum atomic E-state index is 11.0. The molecule has 2 unspecified atom stereocenters. The predicted molar refractivity (Wildman–Crippen MR) is 61.2 cm³/mol. The van der Waals surface area contributed by atoms with Crippen LogP contribution in [-0.4, -0.2) is 23.5 Å². The molecule has 0 saturated carbocycles. The van der Waals surface area contributed by atoms with Crippen molar-refractivity contribution in [2.75, 3.05) is 6.54 Å². The molecule has 0 aromatic heterocycles. The van der Waals surface area contributed by atoms with E-state index >= 15 is 0 Å². The lowest BCUT2D eigenvalue weighted by Gasteiger charge is -2.13. The SMILES string of the molecule is CC(=O)C(C)Oc1ccc(C(O)CN)cc1. The standard InChI is InChI=1S/C12H17NO3/c1-8(14)9(2)16-11-5-3-10(4-6-11)12(15)7-13/h3-6,9,12,15H,7,13H2,1-2H3. The number of aliphatic hydroxyl groups excluding tert-OH is 1. The van der Waals surface area contributed by atoms with Crippen LogP contribution in [0, 0.1) is 0 Å². The highest BCUT2D eigenvalue weighted by molar-refractivity contribution is 5.80. The Kier molecular flexibility index (Phi) is 4.46. The second-order valence-electron chi connectivity index (χ2n) is 3.69. The van der Waals surface area contributed by atoms with Gasteiger partial charge in [-0.2, -0.15) is 0 Å². The Labute approximate surface area is 95.0 Å². The highest BCUT2D eigenvalue weighted by Crippen LogP contribution is 2.18. The molecule has 0 fully saturated rings. The Morgan fingerprint density at radius 1 is 1.44 bits per heavy atom. The first kappa shape index (κ1) is 12.7. The average Bonchev–Trinajstić information content (AvgIpc) is 2.28. The first-order valence-corrected chi connectivity index (χ1v) is 5.19. The molecule has 0 radical (unpaired) electrons. The lowest BCUT2D eigenvalue weighted by molar-refractivity contribution is -0.122. The van der Waals surface area contributed by atoms with E-state index in [0.29, 0.717) is 5.75 Å². The second-order valence-corrected chi connectivity index (χ2v) is 3.69. The van der Waals surface area contributed by atoms with Gasteiger partial charge in [0.1, 0.15) is 5.75 Å². The van der Waals surface area contributed by atoms with E-state index < -0.39 is 12.2 Å². The number of benzene rings is 1. The fourth-order valence-electron chi connectivity index (χ4n) is 1.19. The molecular formula is C12H17NO3. The van der Waals surface area contributed by atoms with E-state index in [-0.39, 0.29) is 12.3 Å². The molecule has 0 amide bonds. The van der Waals surface area contributed by atoms with Gasteiger partial charge >= 0.3 is 0 Å². The van der Waals surface area contributed by atoms with E-state index in [1.165, 1.54) is 6.92 Å². The summed E-state index contributed by atoms with van der Waals surface area (Å²) in [5.41, 5.74) is 6.08. The largest absolute Gasteiger partial charge is 0.483 e. The number of carbonyl (C=O) groups excluding carboxylic acids is 1. The van der Waals surface area contributed by atoms with Gasteiger partial charge < -0.3 is 15.6 Å². The number of hydrogen-bond donors (Lipinski definition) is 2. The maximum absolute atomic E-state index is 11.0. The van der Waals surface area contributed by atoms with Gasteiger partial charge in [-0.15, -0.1) is 0 Å². The van der Waals surface area contributed by atoms with Crippen molar-refractivity contribution in [3.05, 3.63) is 29.8 Å². The summed E-state index contributed by atoms with van der Waals surface area (Å²) >= 11 is 0. The minimum atomic E-state index is -0.653. The molecule has 4 heteroatoms. The normalized spacial score (nSPS) is 14.2. The molecule has 1 rings (SSSR count). The zero-order chi connectivity index (χ0) is 12.1. The van der Waals surface area contributed by atoms with Crippen LogP contribution in [0.3, 0.4) is 0 Å². The molecule has 0 bridgehead atoms. The van der Waals surface area contributed by atoms with Crippen LogP contribution >= 0.6 is 0 Å². The number of aliphatic hydroxyl groups is 1. The fraction of sp³-hybridized carbons (Fsp3) is 0.417. The molecule has 3 N–H and O–H groups in total. The number of rotatable bonds is 5. The Balaban J connectivity index is 2.68. The molecule has 1 aromatic carbocycles. The Morgan fingerprint density at radius 2 is 2.00 bits per heavy atom. The molecule has 0 saturated heterocycles. The van der Waals surface area contributed by atoms with Crippen LogP contribution in [0.1, 0.15) is 25.5 Å². The zero-order valence-electron chi connectivity index (χ0n) is 9.51. The summed E-state index contributed by atoms with van der Waals surface area (Å²) in [4.78, 5) is 11.0. The quantitative estimate of drug-likeness (QED) is 0.782. The number of ketones is 1. The van der Waals surface area contributed by atoms with Crippen molar-refractivity contribution in [2.45, 2.75) is 26.1 Å². The lowest BCUT2D eigenvalue weighted by atomic mass is 10.1. The van der Waals surface area contributed by atoms with Crippen LogP contribution in [0.15, 0.2) is 24.3 Å². The molecule has 0 aliphatic heterocycles. The molecule has 0 spiro atoms. The van der Waals surface area contributed by atoms with E-state index in [9.17, 15) is 9.90 Å². The van der Waals surface area contributed by atoms with Crippen LogP contribution in [0.4, 0.5) is 0 Å². The monoisotopic (exact) mass is 223 g/mol. The Morgan fingerprint density at radius 3 is 2.44 bits per heavy atom. The van der Waals surface area contributed by atoms with Crippen molar-refractivity contribution in [2.24, 2.45) is 5.73 Å². The van der Waals surface area contributed by atoms with Crippen LogP contribution in [0.25, 0.3) is 0 Å². The van der Waals surface area contributed by atoms with Gasteiger partial charge in [0.15, 0.2) is 11.9 Å². The number of nitrogens with two attached hydrogens (primary N) is 1. The van der Waals surface area contributed by atoms with Crippen molar-refractivity contribution in [3.63, 3.8) is 0 Å². The summed E-state index contributed by atoms with van der Waals surface area (Å²) in [7, 11) is 0. The summed E-state index contributed by atoms with van der Waals surface area (Å²) in [6.45, 7) is 3.37. The Bertz CT molecular complexity index is 348. The third-order valence-corrected chi connectivity index (χ3v) is 2.37.